The number of hydrogen-bond acceptors (Lipinski definition) is 1. The van der Waals surface area contributed by atoms with Crippen molar-refractivity contribution in [2.45, 2.75) is 40.2 Å². The van der Waals surface area contributed by atoms with Crippen molar-refractivity contribution in [2.75, 3.05) is 0 Å². The standard InChI is InChI=1S/C3H8O.C3H8/c1-3(2)4;1-3-2/h3-4H,1-2H3;3H2,1-2H3. The SMILES string of the molecule is CC(C)O.CCC. The Morgan fingerprint density at radius 3 is 1.29 bits per heavy atom. The minimum absolute atomic E-state index is 0.167. The monoisotopic (exact) mass is 104 g/mol. The number of aliphatic hydroxyl groups excluding tert-OH is 1. The molecule has 0 atom stereocenters. The maximum atomic E-state index is 8.06. The van der Waals surface area contributed by atoms with Crippen molar-refractivity contribution in [2.24, 2.45) is 0 Å². The molecule has 0 rings (SSSR count). The summed E-state index contributed by atoms with van der Waals surface area (Å²) < 4.78 is 0. The first kappa shape index (κ1) is 10.0. The minimum atomic E-state index is -0.167. The summed E-state index contributed by atoms with van der Waals surface area (Å²) in [4.78, 5) is 0. The summed E-state index contributed by atoms with van der Waals surface area (Å²) in [6.45, 7) is 7.69. The first-order valence-electron chi connectivity index (χ1n) is 2.83. The highest BCUT2D eigenvalue weighted by Gasteiger charge is 1.69. The molecule has 1 heteroatoms. The van der Waals surface area contributed by atoms with Crippen LogP contribution in [0.25, 0.3) is 0 Å². The fourth-order valence-electron chi connectivity index (χ4n) is 0. The Hall–Kier alpha value is -0.0400. The molecule has 46 valence electrons. The van der Waals surface area contributed by atoms with Crippen molar-refractivity contribution < 1.29 is 5.11 Å². The van der Waals surface area contributed by atoms with E-state index in [4.69, 9.17) is 5.11 Å². The summed E-state index contributed by atoms with van der Waals surface area (Å²) in [7, 11) is 0. The molecule has 0 bridgehead atoms. The molecule has 0 fully saturated rings. The topological polar surface area (TPSA) is 20.2 Å². The van der Waals surface area contributed by atoms with E-state index in [0.717, 1.165) is 0 Å². The van der Waals surface area contributed by atoms with Crippen molar-refractivity contribution >= 4 is 0 Å². The fourth-order valence-corrected chi connectivity index (χ4v) is 0. The van der Waals surface area contributed by atoms with Gasteiger partial charge in [0.1, 0.15) is 0 Å². The maximum absolute atomic E-state index is 8.06. The zero-order valence-electron chi connectivity index (χ0n) is 5.73. The van der Waals surface area contributed by atoms with Crippen molar-refractivity contribution in [1.82, 2.24) is 0 Å². The normalized spacial score (nSPS) is 7.71. The van der Waals surface area contributed by atoms with Crippen LogP contribution < -0.4 is 0 Å². The molecule has 0 saturated carbocycles. The molecule has 0 aliphatic heterocycles. The highest BCUT2D eigenvalue weighted by Crippen LogP contribution is 1.65. The molecule has 0 aromatic heterocycles. The van der Waals surface area contributed by atoms with Crippen LogP contribution in [-0.4, -0.2) is 11.2 Å². The van der Waals surface area contributed by atoms with Gasteiger partial charge in [-0.3, -0.25) is 0 Å². The molecule has 1 N–H and O–H groups in total. The van der Waals surface area contributed by atoms with Crippen LogP contribution in [0.5, 0.6) is 0 Å². The summed E-state index contributed by atoms with van der Waals surface area (Å²) >= 11 is 0. The molecule has 0 heterocycles. The van der Waals surface area contributed by atoms with Gasteiger partial charge >= 0.3 is 0 Å². The van der Waals surface area contributed by atoms with Gasteiger partial charge in [0.25, 0.3) is 0 Å². The van der Waals surface area contributed by atoms with Gasteiger partial charge in [-0.25, -0.2) is 0 Å². The predicted octanol–water partition coefficient (Wildman–Crippen LogP) is 1.80. The summed E-state index contributed by atoms with van der Waals surface area (Å²) in [6, 6.07) is 0. The highest BCUT2D eigenvalue weighted by atomic mass is 16.3. The van der Waals surface area contributed by atoms with E-state index in [9.17, 15) is 0 Å². The summed E-state index contributed by atoms with van der Waals surface area (Å²) in [5, 5.41) is 8.06. The third-order valence-electron chi connectivity index (χ3n) is 0. The van der Waals surface area contributed by atoms with Gasteiger partial charge in [-0.05, 0) is 13.8 Å². The first-order chi connectivity index (χ1) is 3.15. The van der Waals surface area contributed by atoms with Crippen molar-refractivity contribution in [1.29, 1.82) is 0 Å². The van der Waals surface area contributed by atoms with Crippen LogP contribution in [0, 0.1) is 0 Å². The van der Waals surface area contributed by atoms with Crippen LogP contribution >= 0.6 is 0 Å². The van der Waals surface area contributed by atoms with E-state index in [0.29, 0.717) is 0 Å². The zero-order valence-corrected chi connectivity index (χ0v) is 5.73. The van der Waals surface area contributed by atoms with Gasteiger partial charge in [0, 0.05) is 6.10 Å². The van der Waals surface area contributed by atoms with Gasteiger partial charge in [-0.2, -0.15) is 0 Å². The Morgan fingerprint density at radius 1 is 1.29 bits per heavy atom. The van der Waals surface area contributed by atoms with Crippen LogP contribution in [0.1, 0.15) is 34.1 Å². The zero-order chi connectivity index (χ0) is 6.28. The molecule has 0 saturated heterocycles. The van der Waals surface area contributed by atoms with E-state index in [-0.39, 0.29) is 6.10 Å². The smallest absolute Gasteiger partial charge is 0.0483 e. The van der Waals surface area contributed by atoms with E-state index in [2.05, 4.69) is 13.8 Å². The summed E-state index contributed by atoms with van der Waals surface area (Å²) in [5.41, 5.74) is 0. The largest absolute Gasteiger partial charge is 0.394 e. The fraction of sp³-hybridized carbons (Fsp3) is 1.00. The van der Waals surface area contributed by atoms with Crippen LogP contribution in [0.2, 0.25) is 0 Å². The molecule has 0 aliphatic carbocycles. The van der Waals surface area contributed by atoms with E-state index in [1.807, 2.05) is 0 Å². The van der Waals surface area contributed by atoms with Crippen molar-refractivity contribution in [3.63, 3.8) is 0 Å². The predicted molar refractivity (Wildman–Crippen MR) is 33.3 cm³/mol. The van der Waals surface area contributed by atoms with Gasteiger partial charge in [0.05, 0.1) is 0 Å². The van der Waals surface area contributed by atoms with Gasteiger partial charge < -0.3 is 5.11 Å². The molecule has 0 aromatic rings. The van der Waals surface area contributed by atoms with Crippen LogP contribution in [0.4, 0.5) is 0 Å². The third kappa shape index (κ3) is 58400. The molecule has 0 amide bonds. The molecule has 0 aromatic carbocycles. The maximum Gasteiger partial charge on any atom is 0.0483 e. The molecule has 0 radical (unpaired) electrons. The van der Waals surface area contributed by atoms with Gasteiger partial charge in [-0.1, -0.05) is 20.3 Å². The Bertz CT molecular complexity index is 15.4. The lowest BCUT2D eigenvalue weighted by Crippen LogP contribution is -1.85. The molecule has 1 nitrogen and oxygen atoms in total. The second kappa shape index (κ2) is 9.35. The molecular formula is C6H16O. The Balaban J connectivity index is 0. The van der Waals surface area contributed by atoms with E-state index in [1.165, 1.54) is 6.42 Å². The van der Waals surface area contributed by atoms with Gasteiger partial charge in [-0.15, -0.1) is 0 Å². The Morgan fingerprint density at radius 2 is 1.29 bits per heavy atom. The van der Waals surface area contributed by atoms with Crippen LogP contribution in [0.3, 0.4) is 0 Å². The molecular weight excluding hydrogens is 88.1 g/mol. The lowest BCUT2D eigenvalue weighted by atomic mass is 10.5. The summed E-state index contributed by atoms with van der Waals surface area (Å²) in [5.74, 6) is 0. The molecule has 0 spiro atoms. The molecule has 7 heavy (non-hydrogen) atoms. The van der Waals surface area contributed by atoms with Gasteiger partial charge in [0.2, 0.25) is 0 Å². The van der Waals surface area contributed by atoms with Crippen LogP contribution in [0.15, 0.2) is 0 Å². The number of rotatable bonds is 0. The second-order valence-corrected chi connectivity index (χ2v) is 1.80. The number of hydrogen-bond donors (Lipinski definition) is 1. The average molecular weight is 104 g/mol. The molecule has 0 unspecified atom stereocenters. The van der Waals surface area contributed by atoms with E-state index >= 15 is 0 Å². The Kier molecular flexibility index (Phi) is 13.4. The lowest BCUT2D eigenvalue weighted by molar-refractivity contribution is 0.216. The quantitative estimate of drug-likeness (QED) is 0.497. The minimum Gasteiger partial charge on any atom is -0.394 e. The summed E-state index contributed by atoms with van der Waals surface area (Å²) in [6.07, 6.45) is 1.08. The lowest BCUT2D eigenvalue weighted by Gasteiger charge is -1.80. The number of aliphatic hydroxyl groups is 1. The Labute approximate surface area is 46.4 Å². The van der Waals surface area contributed by atoms with Crippen LogP contribution in [-0.2, 0) is 0 Å². The van der Waals surface area contributed by atoms with E-state index in [1.54, 1.807) is 13.8 Å². The second-order valence-electron chi connectivity index (χ2n) is 1.80. The molecule has 0 aliphatic rings. The average Bonchev–Trinajstić information content (AvgIpc) is 1.33. The highest BCUT2D eigenvalue weighted by molar-refractivity contribution is 4.20. The van der Waals surface area contributed by atoms with Crippen molar-refractivity contribution in [3.8, 4) is 0 Å². The first-order valence-corrected chi connectivity index (χ1v) is 2.83. The third-order valence-corrected chi connectivity index (χ3v) is 0. The van der Waals surface area contributed by atoms with Gasteiger partial charge in [0.15, 0.2) is 0 Å². The van der Waals surface area contributed by atoms with E-state index < -0.39 is 0 Å². The van der Waals surface area contributed by atoms with Crippen molar-refractivity contribution in [3.05, 3.63) is 0 Å².